The zero-order valence-corrected chi connectivity index (χ0v) is 22.5. The van der Waals surface area contributed by atoms with Crippen LogP contribution in [0.25, 0.3) is 43.8 Å². The average molecular weight is 479 g/mol. The molecule has 0 bridgehead atoms. The van der Waals surface area contributed by atoms with Gasteiger partial charge in [0.05, 0.1) is 0 Å². The lowest BCUT2D eigenvalue weighted by molar-refractivity contribution is 0.422. The summed E-state index contributed by atoms with van der Waals surface area (Å²) < 4.78 is 0. The Morgan fingerprint density at radius 2 is 1.32 bits per heavy atom. The van der Waals surface area contributed by atoms with Crippen molar-refractivity contribution in [3.63, 3.8) is 0 Å². The molecular formula is C37H34. The molecule has 0 N–H and O–H groups in total. The Kier molecular flexibility index (Phi) is 5.64. The fourth-order valence-corrected chi connectivity index (χ4v) is 6.21. The molecule has 6 rings (SSSR count). The van der Waals surface area contributed by atoms with Crippen LogP contribution in [0.2, 0.25) is 0 Å². The highest BCUT2D eigenvalue weighted by molar-refractivity contribution is 6.13. The predicted molar refractivity (Wildman–Crippen MR) is 161 cm³/mol. The van der Waals surface area contributed by atoms with E-state index in [4.69, 9.17) is 0 Å². The van der Waals surface area contributed by atoms with Crippen molar-refractivity contribution >= 4 is 21.5 Å². The van der Waals surface area contributed by atoms with Gasteiger partial charge in [0.1, 0.15) is 0 Å². The fraction of sp³-hybridized carbons (Fsp3) is 0.189. The van der Waals surface area contributed by atoms with Gasteiger partial charge in [0.15, 0.2) is 0 Å². The van der Waals surface area contributed by atoms with Crippen LogP contribution in [-0.4, -0.2) is 0 Å². The SMILES string of the molecule is Cc1cc(C)cc(-c2c3ccc(-c4ccccc4C)cc3cc3cc(C4C=CC=CC4(C)C)ccc23)c1. The zero-order valence-electron chi connectivity index (χ0n) is 22.5. The second-order valence-electron chi connectivity index (χ2n) is 11.4. The number of allylic oxidation sites excluding steroid dienone is 4. The first kappa shape index (κ1) is 23.5. The molecule has 0 heteroatoms. The molecule has 1 atom stereocenters. The van der Waals surface area contributed by atoms with E-state index in [-0.39, 0.29) is 5.41 Å². The second-order valence-corrected chi connectivity index (χ2v) is 11.4. The molecule has 0 aromatic heterocycles. The van der Waals surface area contributed by atoms with Gasteiger partial charge in [-0.2, -0.15) is 0 Å². The molecule has 182 valence electrons. The van der Waals surface area contributed by atoms with Crippen molar-refractivity contribution in [1.29, 1.82) is 0 Å². The number of hydrogen-bond donors (Lipinski definition) is 0. The van der Waals surface area contributed by atoms with Crippen molar-refractivity contribution in [3.05, 3.63) is 131 Å². The van der Waals surface area contributed by atoms with Gasteiger partial charge in [-0.05, 0) is 93.2 Å². The largest absolute Gasteiger partial charge is 0.0779 e. The lowest BCUT2D eigenvalue weighted by atomic mass is 9.72. The number of rotatable bonds is 3. The number of benzene rings is 5. The Morgan fingerprint density at radius 1 is 0.622 bits per heavy atom. The first-order valence-electron chi connectivity index (χ1n) is 13.3. The van der Waals surface area contributed by atoms with E-state index < -0.39 is 0 Å². The fourth-order valence-electron chi connectivity index (χ4n) is 6.21. The highest BCUT2D eigenvalue weighted by Gasteiger charge is 2.28. The average Bonchev–Trinajstić information content (AvgIpc) is 2.86. The molecule has 37 heavy (non-hydrogen) atoms. The van der Waals surface area contributed by atoms with Crippen LogP contribution in [0.1, 0.15) is 42.0 Å². The summed E-state index contributed by atoms with van der Waals surface area (Å²) in [5, 5.41) is 5.22. The van der Waals surface area contributed by atoms with Crippen LogP contribution in [-0.2, 0) is 0 Å². The molecule has 0 radical (unpaired) electrons. The Balaban J connectivity index is 1.64. The summed E-state index contributed by atoms with van der Waals surface area (Å²) in [4.78, 5) is 0. The van der Waals surface area contributed by atoms with E-state index in [0.717, 1.165) is 0 Å². The summed E-state index contributed by atoms with van der Waals surface area (Å²) in [6.45, 7) is 11.3. The van der Waals surface area contributed by atoms with E-state index in [9.17, 15) is 0 Å². The Hall–Kier alpha value is -3.90. The maximum atomic E-state index is 2.43. The summed E-state index contributed by atoms with van der Waals surface area (Å²) in [5.74, 6) is 0.362. The Morgan fingerprint density at radius 3 is 2.05 bits per heavy atom. The quantitative estimate of drug-likeness (QED) is 0.226. The van der Waals surface area contributed by atoms with Crippen LogP contribution >= 0.6 is 0 Å². The minimum absolute atomic E-state index is 0.0910. The van der Waals surface area contributed by atoms with Crippen LogP contribution in [0.3, 0.4) is 0 Å². The third-order valence-electron chi connectivity index (χ3n) is 8.04. The van der Waals surface area contributed by atoms with Gasteiger partial charge in [-0.1, -0.05) is 122 Å². The van der Waals surface area contributed by atoms with Crippen molar-refractivity contribution < 1.29 is 0 Å². The molecular weight excluding hydrogens is 444 g/mol. The van der Waals surface area contributed by atoms with Gasteiger partial charge in [0, 0.05) is 5.92 Å². The first-order chi connectivity index (χ1) is 17.8. The van der Waals surface area contributed by atoms with Gasteiger partial charge >= 0.3 is 0 Å². The van der Waals surface area contributed by atoms with Gasteiger partial charge in [-0.3, -0.25) is 0 Å². The van der Waals surface area contributed by atoms with E-state index in [2.05, 4.69) is 144 Å². The van der Waals surface area contributed by atoms with Gasteiger partial charge in [0.2, 0.25) is 0 Å². The molecule has 0 saturated carbocycles. The molecule has 1 aliphatic carbocycles. The Labute approximate surface area is 221 Å². The number of hydrogen-bond acceptors (Lipinski definition) is 0. The highest BCUT2D eigenvalue weighted by atomic mass is 14.3. The van der Waals surface area contributed by atoms with Crippen LogP contribution in [0.4, 0.5) is 0 Å². The molecule has 0 aliphatic heterocycles. The summed E-state index contributed by atoms with van der Waals surface area (Å²) in [6.07, 6.45) is 9.05. The zero-order chi connectivity index (χ0) is 25.7. The van der Waals surface area contributed by atoms with Crippen molar-refractivity contribution in [2.75, 3.05) is 0 Å². The molecule has 1 aliphatic rings. The number of aryl methyl sites for hydroxylation is 3. The molecule has 0 saturated heterocycles. The van der Waals surface area contributed by atoms with Crippen molar-refractivity contribution in [3.8, 4) is 22.3 Å². The molecule has 0 nitrogen and oxygen atoms in total. The molecule has 5 aromatic carbocycles. The lowest BCUT2D eigenvalue weighted by Crippen LogP contribution is -2.19. The third kappa shape index (κ3) is 4.21. The molecule has 0 amide bonds. The Bertz CT molecular complexity index is 1700. The van der Waals surface area contributed by atoms with Crippen LogP contribution in [0.15, 0.2) is 109 Å². The van der Waals surface area contributed by atoms with Crippen molar-refractivity contribution in [2.24, 2.45) is 5.41 Å². The molecule has 0 heterocycles. The molecule has 0 fully saturated rings. The van der Waals surface area contributed by atoms with Gasteiger partial charge in [-0.25, -0.2) is 0 Å². The van der Waals surface area contributed by atoms with Gasteiger partial charge in [-0.15, -0.1) is 0 Å². The summed E-state index contributed by atoms with van der Waals surface area (Å²) in [7, 11) is 0. The highest BCUT2D eigenvalue weighted by Crippen LogP contribution is 2.44. The molecule has 1 unspecified atom stereocenters. The minimum atomic E-state index is 0.0910. The van der Waals surface area contributed by atoms with Crippen LogP contribution in [0.5, 0.6) is 0 Å². The predicted octanol–water partition coefficient (Wildman–Crippen LogP) is 10.5. The van der Waals surface area contributed by atoms with E-state index >= 15 is 0 Å². The smallest absolute Gasteiger partial charge is 0.0107 e. The lowest BCUT2D eigenvalue weighted by Gasteiger charge is -2.32. The van der Waals surface area contributed by atoms with E-state index in [1.54, 1.807) is 0 Å². The van der Waals surface area contributed by atoms with Crippen LogP contribution < -0.4 is 0 Å². The third-order valence-corrected chi connectivity index (χ3v) is 8.04. The minimum Gasteiger partial charge on any atom is -0.0779 e. The van der Waals surface area contributed by atoms with E-state index in [1.165, 1.54) is 66.1 Å². The topological polar surface area (TPSA) is 0 Å². The second kappa shape index (κ2) is 8.89. The monoisotopic (exact) mass is 478 g/mol. The summed E-state index contributed by atoms with van der Waals surface area (Å²) in [5.41, 5.74) is 10.6. The molecule has 5 aromatic rings. The standard InChI is InChI=1S/C37H34/c1-24-18-25(2)20-31(19-24)36-33-15-13-27(32-11-7-6-10-26(32)3)21-29(33)23-30-22-28(14-16-34(30)36)35-12-8-9-17-37(35,4)5/h6-23,35H,1-5H3. The molecule has 0 spiro atoms. The summed E-state index contributed by atoms with van der Waals surface area (Å²) in [6, 6.07) is 32.1. The first-order valence-corrected chi connectivity index (χ1v) is 13.3. The van der Waals surface area contributed by atoms with Crippen LogP contribution in [0, 0.1) is 26.2 Å². The van der Waals surface area contributed by atoms with Crippen molar-refractivity contribution in [2.45, 2.75) is 40.5 Å². The van der Waals surface area contributed by atoms with E-state index in [0.29, 0.717) is 5.92 Å². The van der Waals surface area contributed by atoms with Crippen molar-refractivity contribution in [1.82, 2.24) is 0 Å². The maximum Gasteiger partial charge on any atom is 0.0107 e. The summed E-state index contributed by atoms with van der Waals surface area (Å²) >= 11 is 0. The van der Waals surface area contributed by atoms with E-state index in [1.807, 2.05) is 0 Å². The van der Waals surface area contributed by atoms with Gasteiger partial charge < -0.3 is 0 Å². The normalized spacial score (nSPS) is 16.5. The van der Waals surface area contributed by atoms with Gasteiger partial charge in [0.25, 0.3) is 0 Å². The maximum absolute atomic E-state index is 2.43. The number of fused-ring (bicyclic) bond motifs is 2.